The van der Waals surface area contributed by atoms with Gasteiger partial charge >= 0.3 is 0 Å². The summed E-state index contributed by atoms with van der Waals surface area (Å²) >= 11 is 1.47. The van der Waals surface area contributed by atoms with Crippen molar-refractivity contribution in [2.45, 2.75) is 32.9 Å². The molecule has 5 rings (SSSR count). The summed E-state index contributed by atoms with van der Waals surface area (Å²) in [5.41, 5.74) is 2.77. The van der Waals surface area contributed by atoms with Gasteiger partial charge in [-0.2, -0.15) is 0 Å². The van der Waals surface area contributed by atoms with Crippen LogP contribution in [0.4, 0.5) is 11.4 Å². The van der Waals surface area contributed by atoms with Crippen molar-refractivity contribution < 1.29 is 9.59 Å². The monoisotopic (exact) mass is 458 g/mol. The second-order valence-electron chi connectivity index (χ2n) is 8.14. The Hall–Kier alpha value is -3.78. The van der Waals surface area contributed by atoms with E-state index in [-0.39, 0.29) is 36.4 Å². The minimum atomic E-state index is -0.350. The molecule has 0 spiro atoms. The van der Waals surface area contributed by atoms with Crippen molar-refractivity contribution in [1.82, 2.24) is 9.55 Å². The van der Waals surface area contributed by atoms with Crippen molar-refractivity contribution in [1.29, 1.82) is 0 Å². The van der Waals surface area contributed by atoms with E-state index in [0.717, 1.165) is 16.0 Å². The maximum absolute atomic E-state index is 13.5. The Morgan fingerprint density at radius 2 is 1.85 bits per heavy atom. The highest BCUT2D eigenvalue weighted by molar-refractivity contribution is 7.19. The summed E-state index contributed by atoms with van der Waals surface area (Å²) in [5.74, 6) is -0.422. The zero-order chi connectivity index (χ0) is 23.1. The van der Waals surface area contributed by atoms with Gasteiger partial charge in [0.15, 0.2) is 0 Å². The van der Waals surface area contributed by atoms with Crippen LogP contribution in [0.15, 0.2) is 65.7 Å². The van der Waals surface area contributed by atoms with Gasteiger partial charge in [-0.25, -0.2) is 4.98 Å². The van der Waals surface area contributed by atoms with Crippen LogP contribution in [0, 0.1) is 6.92 Å². The third-order valence-corrected chi connectivity index (χ3v) is 6.86. The molecule has 3 heterocycles. The number of aryl methyl sites for hydroxylation is 1. The van der Waals surface area contributed by atoms with Crippen LogP contribution in [0.3, 0.4) is 0 Å². The number of rotatable bonds is 3. The molecule has 2 aromatic heterocycles. The van der Waals surface area contributed by atoms with Crippen molar-refractivity contribution in [3.05, 3.63) is 76.2 Å². The Kier molecular flexibility index (Phi) is 5.30. The third kappa shape index (κ3) is 3.72. The van der Waals surface area contributed by atoms with Gasteiger partial charge < -0.3 is 10.2 Å². The molecule has 4 aromatic rings. The summed E-state index contributed by atoms with van der Waals surface area (Å²) in [6.07, 6.45) is 1.61. The molecule has 0 radical (unpaired) electrons. The van der Waals surface area contributed by atoms with Gasteiger partial charge in [0, 0.05) is 22.9 Å². The van der Waals surface area contributed by atoms with Crippen molar-refractivity contribution in [3.8, 4) is 11.1 Å². The number of nitrogens with zero attached hydrogens (tertiary/aromatic N) is 3. The topological polar surface area (TPSA) is 84.3 Å². The van der Waals surface area contributed by atoms with Crippen LogP contribution in [-0.2, 0) is 16.1 Å². The first-order chi connectivity index (χ1) is 15.9. The number of nitrogens with one attached hydrogen (secondary N) is 1. The fourth-order valence-electron chi connectivity index (χ4n) is 4.39. The fourth-order valence-corrected chi connectivity index (χ4v) is 5.40. The highest BCUT2D eigenvalue weighted by Crippen LogP contribution is 2.35. The molecule has 0 saturated heterocycles. The van der Waals surface area contributed by atoms with Gasteiger partial charge in [0.2, 0.25) is 11.8 Å². The van der Waals surface area contributed by atoms with Crippen LogP contribution in [0.25, 0.3) is 21.3 Å². The van der Waals surface area contributed by atoms with Gasteiger partial charge in [-0.15, -0.1) is 11.3 Å². The van der Waals surface area contributed by atoms with Gasteiger partial charge in [-0.1, -0.05) is 42.5 Å². The lowest BCUT2D eigenvalue weighted by atomic mass is 10.0. The first-order valence-electron chi connectivity index (χ1n) is 10.7. The van der Waals surface area contributed by atoms with Crippen LogP contribution in [0.5, 0.6) is 0 Å². The largest absolute Gasteiger partial charge is 0.324 e. The Bertz CT molecular complexity index is 1440. The molecular formula is C25H22N4O3S. The first kappa shape index (κ1) is 21.1. The summed E-state index contributed by atoms with van der Waals surface area (Å²) in [4.78, 5) is 46.9. The molecule has 1 aliphatic rings. The third-order valence-electron chi connectivity index (χ3n) is 5.85. The average molecular weight is 459 g/mol. The molecule has 0 bridgehead atoms. The van der Waals surface area contributed by atoms with E-state index in [1.807, 2.05) is 56.3 Å². The summed E-state index contributed by atoms with van der Waals surface area (Å²) in [5, 5.41) is 3.38. The molecule has 0 unspecified atom stereocenters. The van der Waals surface area contributed by atoms with Gasteiger partial charge in [-0.05, 0) is 31.5 Å². The molecule has 8 heteroatoms. The number of fused-ring (bicyclic) bond motifs is 2. The second-order valence-corrected chi connectivity index (χ2v) is 9.34. The molecule has 1 atom stereocenters. The van der Waals surface area contributed by atoms with Crippen molar-refractivity contribution in [2.24, 2.45) is 0 Å². The molecular weight excluding hydrogens is 436 g/mol. The fraction of sp³-hybridized carbons (Fsp3) is 0.200. The molecule has 1 aliphatic heterocycles. The number of para-hydroxylation sites is 2. The maximum atomic E-state index is 13.5. The highest BCUT2D eigenvalue weighted by Gasteiger charge is 2.30. The van der Waals surface area contributed by atoms with Crippen LogP contribution in [-0.4, -0.2) is 27.4 Å². The standard InChI is InChI=1S/C25H22N4O3S/c1-15-12-20(30)27-18-10-6-7-11-19(18)29(15)21(31)13-28-14-26-24-23(25(28)32)22(16(2)33-24)17-8-4-3-5-9-17/h3-11,14-15H,12-13H2,1-2H3,(H,27,30)/t15-/m1/s1. The van der Waals surface area contributed by atoms with Crippen LogP contribution >= 0.6 is 11.3 Å². The van der Waals surface area contributed by atoms with E-state index >= 15 is 0 Å². The van der Waals surface area contributed by atoms with Gasteiger partial charge in [-0.3, -0.25) is 19.0 Å². The number of carbonyl (C=O) groups is 2. The van der Waals surface area contributed by atoms with Gasteiger partial charge in [0.25, 0.3) is 5.56 Å². The van der Waals surface area contributed by atoms with Crippen molar-refractivity contribution in [3.63, 3.8) is 0 Å². The normalized spacial score (nSPS) is 15.8. The minimum absolute atomic E-state index is 0.147. The molecule has 7 nitrogen and oxygen atoms in total. The molecule has 0 fully saturated rings. The summed E-state index contributed by atoms with van der Waals surface area (Å²) in [6.45, 7) is 3.64. The number of benzene rings is 2. The highest BCUT2D eigenvalue weighted by atomic mass is 32.1. The second kappa shape index (κ2) is 8.29. The predicted molar refractivity (Wildman–Crippen MR) is 131 cm³/mol. The molecule has 166 valence electrons. The summed E-state index contributed by atoms with van der Waals surface area (Å²) < 4.78 is 1.36. The van der Waals surface area contributed by atoms with E-state index in [9.17, 15) is 14.4 Å². The van der Waals surface area contributed by atoms with Crippen molar-refractivity contribution >= 4 is 44.7 Å². The van der Waals surface area contributed by atoms with E-state index in [0.29, 0.717) is 21.6 Å². The van der Waals surface area contributed by atoms with Gasteiger partial charge in [0.1, 0.15) is 11.4 Å². The smallest absolute Gasteiger partial charge is 0.263 e. The van der Waals surface area contributed by atoms with E-state index in [2.05, 4.69) is 10.3 Å². The maximum Gasteiger partial charge on any atom is 0.263 e. The molecule has 2 aromatic carbocycles. The van der Waals surface area contributed by atoms with Crippen LogP contribution < -0.4 is 15.8 Å². The molecule has 0 saturated carbocycles. The quantitative estimate of drug-likeness (QED) is 0.499. The minimum Gasteiger partial charge on any atom is -0.324 e. The number of carbonyl (C=O) groups excluding carboxylic acids is 2. The lowest BCUT2D eigenvalue weighted by Gasteiger charge is -2.28. The average Bonchev–Trinajstić information content (AvgIpc) is 3.07. The number of hydrogen-bond donors (Lipinski definition) is 1. The predicted octanol–water partition coefficient (Wildman–Crippen LogP) is 4.20. The van der Waals surface area contributed by atoms with Crippen LogP contribution in [0.2, 0.25) is 0 Å². The van der Waals surface area contributed by atoms with E-state index in [1.54, 1.807) is 17.0 Å². The molecule has 1 N–H and O–H groups in total. The number of anilines is 2. The lowest BCUT2D eigenvalue weighted by molar-refractivity contribution is -0.120. The molecule has 33 heavy (non-hydrogen) atoms. The Labute approximate surface area is 194 Å². The number of aromatic nitrogens is 2. The SMILES string of the molecule is Cc1sc2ncn(CC(=O)N3c4ccccc4NC(=O)C[C@H]3C)c(=O)c2c1-c1ccccc1. The number of amides is 2. The van der Waals surface area contributed by atoms with E-state index in [4.69, 9.17) is 0 Å². The zero-order valence-electron chi connectivity index (χ0n) is 18.2. The zero-order valence-corrected chi connectivity index (χ0v) is 19.1. The number of thiophene rings is 1. The van der Waals surface area contributed by atoms with Crippen molar-refractivity contribution in [2.75, 3.05) is 10.2 Å². The summed E-state index contributed by atoms with van der Waals surface area (Å²) in [7, 11) is 0. The Morgan fingerprint density at radius 3 is 2.64 bits per heavy atom. The van der Waals surface area contributed by atoms with Crippen LogP contribution in [0.1, 0.15) is 18.2 Å². The first-order valence-corrected chi connectivity index (χ1v) is 11.5. The summed E-state index contributed by atoms with van der Waals surface area (Å²) in [6, 6.07) is 16.6. The van der Waals surface area contributed by atoms with E-state index in [1.165, 1.54) is 22.2 Å². The Morgan fingerprint density at radius 1 is 1.12 bits per heavy atom. The van der Waals surface area contributed by atoms with Gasteiger partial charge in [0.05, 0.1) is 23.1 Å². The Balaban J connectivity index is 1.56. The molecule has 0 aliphatic carbocycles. The van der Waals surface area contributed by atoms with E-state index < -0.39 is 0 Å². The number of hydrogen-bond acceptors (Lipinski definition) is 5. The molecule has 2 amide bonds. The lowest BCUT2D eigenvalue weighted by Crippen LogP contribution is -2.42.